The fourth-order valence-electron chi connectivity index (χ4n) is 2.74. The summed E-state index contributed by atoms with van der Waals surface area (Å²) in [5, 5.41) is 0. The molecule has 7 nitrogen and oxygen atoms in total. The Morgan fingerprint density at radius 1 is 1.36 bits per heavy atom. The fraction of sp³-hybridized carbons (Fsp3) is 0.278. The van der Waals surface area contributed by atoms with Gasteiger partial charge in [-0.1, -0.05) is 12.1 Å². The first-order chi connectivity index (χ1) is 12.2. The molecule has 0 aliphatic heterocycles. The zero-order chi connectivity index (χ0) is 17.6. The predicted molar refractivity (Wildman–Crippen MR) is 92.2 cm³/mol. The van der Waals surface area contributed by atoms with Crippen LogP contribution in [0.25, 0.3) is 11.4 Å². The van der Waals surface area contributed by atoms with Gasteiger partial charge in [-0.05, 0) is 19.1 Å². The van der Waals surface area contributed by atoms with E-state index in [4.69, 9.17) is 9.47 Å². The largest absolute Gasteiger partial charge is 0.493 e. The van der Waals surface area contributed by atoms with Crippen LogP contribution in [0.1, 0.15) is 18.7 Å². The van der Waals surface area contributed by atoms with Crippen LogP contribution in [-0.2, 0) is 16.0 Å². The van der Waals surface area contributed by atoms with Crippen LogP contribution in [0, 0.1) is 0 Å². The van der Waals surface area contributed by atoms with Crippen molar-refractivity contribution in [3.63, 3.8) is 0 Å². The molecule has 0 saturated carbocycles. The van der Waals surface area contributed by atoms with E-state index in [1.54, 1.807) is 24.9 Å². The Labute approximate surface area is 145 Å². The highest BCUT2D eigenvalue weighted by atomic mass is 16.5. The first-order valence-corrected chi connectivity index (χ1v) is 8.04. The Morgan fingerprint density at radius 3 is 2.92 bits per heavy atom. The lowest BCUT2D eigenvalue weighted by Crippen LogP contribution is -2.23. The van der Waals surface area contributed by atoms with Crippen molar-refractivity contribution < 1.29 is 14.3 Å². The maximum Gasteiger partial charge on any atom is 0.329 e. The number of esters is 1. The van der Waals surface area contributed by atoms with Gasteiger partial charge in [0.15, 0.2) is 0 Å². The van der Waals surface area contributed by atoms with E-state index >= 15 is 0 Å². The molecule has 0 unspecified atom stereocenters. The van der Waals surface area contributed by atoms with Crippen LogP contribution in [0.2, 0.25) is 0 Å². The van der Waals surface area contributed by atoms with Crippen molar-refractivity contribution in [1.29, 1.82) is 0 Å². The molecular weight excluding hydrogens is 320 g/mol. The number of para-hydroxylation sites is 1. The number of methoxy groups -OCH3 is 1. The quantitative estimate of drug-likeness (QED) is 0.669. The van der Waals surface area contributed by atoms with Crippen LogP contribution in [-0.4, -0.2) is 39.2 Å². The van der Waals surface area contributed by atoms with Crippen molar-refractivity contribution in [2.45, 2.75) is 19.4 Å². The molecule has 0 aliphatic rings. The molecule has 130 valence electrons. The average molecular weight is 340 g/mol. The molecule has 2 heterocycles. The second-order valence-corrected chi connectivity index (χ2v) is 5.41. The van der Waals surface area contributed by atoms with Gasteiger partial charge in [-0.2, -0.15) is 0 Å². The van der Waals surface area contributed by atoms with Crippen LogP contribution in [0.5, 0.6) is 5.75 Å². The van der Waals surface area contributed by atoms with Crippen molar-refractivity contribution >= 4 is 5.97 Å². The van der Waals surface area contributed by atoms with Crippen molar-refractivity contribution in [3.8, 4) is 17.1 Å². The lowest BCUT2D eigenvalue weighted by atomic mass is 10.1. The van der Waals surface area contributed by atoms with Crippen molar-refractivity contribution in [1.82, 2.24) is 19.5 Å². The average Bonchev–Trinajstić information content (AvgIpc) is 3.31. The van der Waals surface area contributed by atoms with E-state index in [9.17, 15) is 4.79 Å². The Kier molecular flexibility index (Phi) is 5.13. The molecule has 0 fully saturated rings. The van der Waals surface area contributed by atoms with E-state index in [2.05, 4.69) is 15.0 Å². The maximum atomic E-state index is 12.4. The van der Waals surface area contributed by atoms with Gasteiger partial charge in [0.05, 0.1) is 25.6 Å². The highest BCUT2D eigenvalue weighted by Crippen LogP contribution is 2.31. The summed E-state index contributed by atoms with van der Waals surface area (Å²) in [7, 11) is 1.38. The summed E-state index contributed by atoms with van der Waals surface area (Å²) in [6.45, 7) is 2.48. The summed E-state index contributed by atoms with van der Waals surface area (Å²) < 4.78 is 12.5. The molecule has 1 N–H and O–H groups in total. The molecule has 3 rings (SSSR count). The number of aromatic nitrogens is 4. The highest BCUT2D eigenvalue weighted by molar-refractivity contribution is 5.76. The van der Waals surface area contributed by atoms with Gasteiger partial charge in [-0.15, -0.1) is 0 Å². The number of carbonyl (C=O) groups is 1. The van der Waals surface area contributed by atoms with Gasteiger partial charge in [0, 0.05) is 30.7 Å². The van der Waals surface area contributed by atoms with Crippen LogP contribution >= 0.6 is 0 Å². The van der Waals surface area contributed by atoms with Gasteiger partial charge < -0.3 is 19.0 Å². The molecule has 0 bridgehead atoms. The van der Waals surface area contributed by atoms with E-state index in [0.717, 1.165) is 17.0 Å². The summed E-state index contributed by atoms with van der Waals surface area (Å²) in [4.78, 5) is 23.9. The normalized spacial score (nSPS) is 11.9. The smallest absolute Gasteiger partial charge is 0.329 e. The molecule has 0 radical (unpaired) electrons. The Bertz CT molecular complexity index is 826. The molecule has 0 aliphatic carbocycles. The standard InChI is InChI=1S/C18H20N4O3/c1-3-25-16-7-5-4-6-14(16)17-20-8-9-22(17)15(18(23)24-2)10-13-11-19-12-21-13/h4-9,11-12,15H,3,10H2,1-2H3,(H,19,21)/t15-/m0/s1. The molecule has 1 atom stereocenters. The van der Waals surface area contributed by atoms with Gasteiger partial charge in [0.2, 0.25) is 0 Å². The number of carbonyl (C=O) groups excluding carboxylic acids is 1. The van der Waals surface area contributed by atoms with Crippen molar-refractivity contribution in [2.24, 2.45) is 0 Å². The van der Waals surface area contributed by atoms with E-state index in [0.29, 0.717) is 18.9 Å². The Hall–Kier alpha value is -3.09. The lowest BCUT2D eigenvalue weighted by molar-refractivity contribution is -0.144. The zero-order valence-corrected chi connectivity index (χ0v) is 14.2. The Morgan fingerprint density at radius 2 is 2.20 bits per heavy atom. The van der Waals surface area contributed by atoms with E-state index in [1.165, 1.54) is 7.11 Å². The molecule has 0 amide bonds. The molecule has 25 heavy (non-hydrogen) atoms. The van der Waals surface area contributed by atoms with Crippen LogP contribution in [0.15, 0.2) is 49.2 Å². The minimum Gasteiger partial charge on any atom is -0.493 e. The molecule has 2 aromatic heterocycles. The van der Waals surface area contributed by atoms with E-state index < -0.39 is 6.04 Å². The van der Waals surface area contributed by atoms with Gasteiger partial charge in [-0.3, -0.25) is 0 Å². The van der Waals surface area contributed by atoms with Crippen molar-refractivity contribution in [2.75, 3.05) is 13.7 Å². The number of nitrogens with zero attached hydrogens (tertiary/aromatic N) is 3. The third-order valence-electron chi connectivity index (χ3n) is 3.87. The number of hydrogen-bond acceptors (Lipinski definition) is 5. The number of ether oxygens (including phenoxy) is 2. The summed E-state index contributed by atoms with van der Waals surface area (Å²) >= 11 is 0. The van der Waals surface area contributed by atoms with Crippen LogP contribution in [0.3, 0.4) is 0 Å². The van der Waals surface area contributed by atoms with Gasteiger partial charge >= 0.3 is 5.97 Å². The maximum absolute atomic E-state index is 12.4. The van der Waals surface area contributed by atoms with Crippen molar-refractivity contribution in [3.05, 3.63) is 54.9 Å². The number of hydrogen-bond donors (Lipinski definition) is 1. The van der Waals surface area contributed by atoms with Gasteiger partial charge in [-0.25, -0.2) is 14.8 Å². The molecule has 1 aromatic carbocycles. The number of nitrogens with one attached hydrogen (secondary N) is 1. The van der Waals surface area contributed by atoms with Gasteiger partial charge in [0.25, 0.3) is 0 Å². The zero-order valence-electron chi connectivity index (χ0n) is 14.2. The molecular formula is C18H20N4O3. The van der Waals surface area contributed by atoms with Crippen LogP contribution < -0.4 is 4.74 Å². The molecule has 0 spiro atoms. The third-order valence-corrected chi connectivity index (χ3v) is 3.87. The molecule has 7 heteroatoms. The lowest BCUT2D eigenvalue weighted by Gasteiger charge is -2.19. The third kappa shape index (κ3) is 3.55. The summed E-state index contributed by atoms with van der Waals surface area (Å²) in [5.74, 6) is 1.03. The van der Waals surface area contributed by atoms with E-state index in [1.807, 2.05) is 35.8 Å². The summed E-state index contributed by atoms with van der Waals surface area (Å²) in [6.07, 6.45) is 7.15. The van der Waals surface area contributed by atoms with Crippen LogP contribution in [0.4, 0.5) is 0 Å². The second kappa shape index (κ2) is 7.65. The number of rotatable bonds is 7. The Balaban J connectivity index is 2.02. The van der Waals surface area contributed by atoms with E-state index in [-0.39, 0.29) is 5.97 Å². The fourth-order valence-corrected chi connectivity index (χ4v) is 2.74. The number of imidazole rings is 2. The highest BCUT2D eigenvalue weighted by Gasteiger charge is 2.26. The van der Waals surface area contributed by atoms with Gasteiger partial charge in [0.1, 0.15) is 17.6 Å². The SMILES string of the molecule is CCOc1ccccc1-c1nccn1[C@@H](Cc1cnc[nH]1)C(=O)OC. The first kappa shape index (κ1) is 16.8. The number of benzene rings is 1. The number of H-pyrrole nitrogens is 1. The number of aromatic amines is 1. The summed E-state index contributed by atoms with van der Waals surface area (Å²) in [5.41, 5.74) is 1.67. The molecule has 0 saturated heterocycles. The molecule has 3 aromatic rings. The summed E-state index contributed by atoms with van der Waals surface area (Å²) in [6, 6.07) is 7.08. The topological polar surface area (TPSA) is 82.0 Å². The predicted octanol–water partition coefficient (Wildman–Crippen LogP) is 2.63. The minimum absolute atomic E-state index is 0.345. The monoisotopic (exact) mass is 340 g/mol. The second-order valence-electron chi connectivity index (χ2n) is 5.41. The first-order valence-electron chi connectivity index (χ1n) is 8.04. The minimum atomic E-state index is -0.558.